The zero-order valence-electron chi connectivity index (χ0n) is 11.6. The van der Waals surface area contributed by atoms with Crippen molar-refractivity contribution in [3.05, 3.63) is 30.0 Å². The van der Waals surface area contributed by atoms with E-state index in [1.807, 2.05) is 25.1 Å². The van der Waals surface area contributed by atoms with Crippen LogP contribution in [0.15, 0.2) is 24.3 Å². The van der Waals surface area contributed by atoms with Gasteiger partial charge in [-0.1, -0.05) is 0 Å². The molecule has 2 aromatic rings. The number of carboxylic acid groups (broad SMARTS) is 1. The van der Waals surface area contributed by atoms with Gasteiger partial charge in [0.1, 0.15) is 6.10 Å². The van der Waals surface area contributed by atoms with Crippen LogP contribution in [0.25, 0.3) is 10.9 Å². The molecule has 6 heteroatoms. The molecule has 0 radical (unpaired) electrons. The maximum absolute atomic E-state index is 12.1. The largest absolute Gasteiger partial charge is 0.479 e. The molecule has 0 aliphatic carbocycles. The lowest BCUT2D eigenvalue weighted by molar-refractivity contribution is -0.150. The van der Waals surface area contributed by atoms with Crippen LogP contribution < -0.4 is 5.32 Å². The molecule has 1 aliphatic rings. The van der Waals surface area contributed by atoms with Gasteiger partial charge in [-0.25, -0.2) is 4.79 Å². The van der Waals surface area contributed by atoms with Crippen molar-refractivity contribution in [3.63, 3.8) is 0 Å². The number of anilines is 1. The third-order valence-electron chi connectivity index (χ3n) is 3.61. The molecule has 1 saturated heterocycles. The summed E-state index contributed by atoms with van der Waals surface area (Å²) < 4.78 is 5.23. The van der Waals surface area contributed by atoms with Crippen molar-refractivity contribution in [2.75, 3.05) is 5.32 Å². The van der Waals surface area contributed by atoms with Crippen LogP contribution in [-0.2, 0) is 14.3 Å². The van der Waals surface area contributed by atoms with Gasteiger partial charge in [-0.05, 0) is 44.0 Å². The van der Waals surface area contributed by atoms with Gasteiger partial charge < -0.3 is 20.1 Å². The Morgan fingerprint density at radius 2 is 2.05 bits per heavy atom. The quantitative estimate of drug-likeness (QED) is 0.806. The molecule has 6 nitrogen and oxygen atoms in total. The number of aliphatic carboxylic acids is 1. The first-order valence-electron chi connectivity index (χ1n) is 6.81. The number of carboxylic acids is 1. The summed E-state index contributed by atoms with van der Waals surface area (Å²) in [6.07, 6.45) is -0.789. The first-order valence-corrected chi connectivity index (χ1v) is 6.81. The van der Waals surface area contributed by atoms with E-state index in [9.17, 15) is 9.59 Å². The third-order valence-corrected chi connectivity index (χ3v) is 3.61. The number of nitrogens with one attached hydrogen (secondary N) is 2. The van der Waals surface area contributed by atoms with E-state index in [-0.39, 0.29) is 5.91 Å². The summed E-state index contributed by atoms with van der Waals surface area (Å²) in [7, 11) is 0. The lowest BCUT2D eigenvalue weighted by atomic mass is 10.2. The minimum absolute atomic E-state index is 0.301. The second-order valence-corrected chi connectivity index (χ2v) is 5.27. The van der Waals surface area contributed by atoms with Crippen molar-refractivity contribution >= 4 is 28.5 Å². The molecule has 21 heavy (non-hydrogen) atoms. The zero-order valence-corrected chi connectivity index (χ0v) is 11.6. The second-order valence-electron chi connectivity index (χ2n) is 5.27. The highest BCUT2D eigenvalue weighted by Gasteiger charge is 2.34. The fourth-order valence-electron chi connectivity index (χ4n) is 2.59. The van der Waals surface area contributed by atoms with Gasteiger partial charge in [0.05, 0.1) is 0 Å². The van der Waals surface area contributed by atoms with Gasteiger partial charge in [0.25, 0.3) is 5.91 Å². The maximum atomic E-state index is 12.1. The molecular weight excluding hydrogens is 272 g/mol. The molecule has 1 amide bonds. The fraction of sp³-hybridized carbons (Fsp3) is 0.333. The minimum Gasteiger partial charge on any atom is -0.479 e. The Balaban J connectivity index is 1.70. The molecule has 110 valence electrons. The summed E-state index contributed by atoms with van der Waals surface area (Å²) in [6.45, 7) is 1.97. The van der Waals surface area contributed by atoms with Crippen molar-refractivity contribution in [2.45, 2.75) is 32.0 Å². The van der Waals surface area contributed by atoms with Gasteiger partial charge in [0, 0.05) is 22.3 Å². The molecule has 2 heterocycles. The number of ether oxygens (including phenoxy) is 1. The number of rotatable bonds is 3. The number of carbonyl (C=O) groups excluding carboxylic acids is 1. The van der Waals surface area contributed by atoms with Gasteiger partial charge in [-0.3, -0.25) is 4.79 Å². The van der Waals surface area contributed by atoms with Gasteiger partial charge in [-0.2, -0.15) is 0 Å². The number of benzene rings is 1. The summed E-state index contributed by atoms with van der Waals surface area (Å²) in [5.41, 5.74) is 2.74. The van der Waals surface area contributed by atoms with E-state index in [0.717, 1.165) is 16.6 Å². The van der Waals surface area contributed by atoms with E-state index in [1.54, 1.807) is 6.07 Å². The predicted molar refractivity (Wildman–Crippen MR) is 77.2 cm³/mol. The van der Waals surface area contributed by atoms with Crippen molar-refractivity contribution in [2.24, 2.45) is 0 Å². The number of hydrogen-bond acceptors (Lipinski definition) is 3. The molecule has 3 rings (SSSR count). The number of aromatic nitrogens is 1. The SMILES string of the molecule is Cc1cc2cc(NC(=O)[C@@H]3CC[C@H](C(=O)O)O3)ccc2[nH]1. The standard InChI is InChI=1S/C15H16N2O4/c1-8-6-9-7-10(2-3-11(9)16-8)17-14(18)12-4-5-13(21-12)15(19)20/h2-3,6-7,12-13,16H,4-5H2,1H3,(H,17,18)(H,19,20)/t12-,13+/m0/s1. The number of hydrogen-bond donors (Lipinski definition) is 3. The van der Waals surface area contributed by atoms with E-state index >= 15 is 0 Å². The number of amides is 1. The summed E-state index contributed by atoms with van der Waals surface area (Å²) in [5, 5.41) is 12.7. The normalized spacial score (nSPS) is 21.6. The van der Waals surface area contributed by atoms with Gasteiger partial charge >= 0.3 is 5.97 Å². The number of aryl methyl sites for hydroxylation is 1. The van der Waals surface area contributed by atoms with Gasteiger partial charge in [-0.15, -0.1) is 0 Å². The monoisotopic (exact) mass is 288 g/mol. The van der Waals surface area contributed by atoms with E-state index in [4.69, 9.17) is 9.84 Å². The van der Waals surface area contributed by atoms with Crippen LogP contribution in [0.5, 0.6) is 0 Å². The fourth-order valence-corrected chi connectivity index (χ4v) is 2.59. The zero-order chi connectivity index (χ0) is 15.0. The van der Waals surface area contributed by atoms with Crippen LogP contribution in [-0.4, -0.2) is 34.2 Å². The first kappa shape index (κ1) is 13.6. The maximum Gasteiger partial charge on any atom is 0.332 e. The van der Waals surface area contributed by atoms with Crippen LogP contribution in [0, 0.1) is 6.92 Å². The molecular formula is C15H16N2O4. The topological polar surface area (TPSA) is 91.4 Å². The molecule has 2 atom stereocenters. The lowest BCUT2D eigenvalue weighted by Gasteiger charge is -2.11. The molecule has 3 N–H and O–H groups in total. The first-order chi connectivity index (χ1) is 10.0. The molecule has 0 saturated carbocycles. The van der Waals surface area contributed by atoms with Crippen molar-refractivity contribution in [1.82, 2.24) is 4.98 Å². The number of aromatic amines is 1. The highest BCUT2D eigenvalue weighted by molar-refractivity contribution is 5.97. The summed E-state index contributed by atoms with van der Waals surface area (Å²) >= 11 is 0. The highest BCUT2D eigenvalue weighted by Crippen LogP contribution is 2.23. The van der Waals surface area contributed by atoms with Crippen molar-refractivity contribution < 1.29 is 19.4 Å². The van der Waals surface area contributed by atoms with Crippen molar-refractivity contribution in [3.8, 4) is 0 Å². The van der Waals surface area contributed by atoms with Crippen LogP contribution in [0.2, 0.25) is 0 Å². The summed E-state index contributed by atoms with van der Waals surface area (Å²) in [4.78, 5) is 26.1. The summed E-state index contributed by atoms with van der Waals surface area (Å²) in [6, 6.07) is 7.57. The second kappa shape index (κ2) is 5.21. The Kier molecular flexibility index (Phi) is 3.39. The Labute approximate surface area is 121 Å². The Morgan fingerprint density at radius 3 is 2.76 bits per heavy atom. The smallest absolute Gasteiger partial charge is 0.332 e. The molecule has 0 bridgehead atoms. The van der Waals surface area contributed by atoms with Gasteiger partial charge in [0.15, 0.2) is 6.10 Å². The minimum atomic E-state index is -1.02. The highest BCUT2D eigenvalue weighted by atomic mass is 16.5. The third kappa shape index (κ3) is 2.75. The average Bonchev–Trinajstić information content (AvgIpc) is 3.03. The number of carbonyl (C=O) groups is 2. The van der Waals surface area contributed by atoms with E-state index < -0.39 is 18.2 Å². The van der Waals surface area contributed by atoms with Gasteiger partial charge in [0.2, 0.25) is 0 Å². The van der Waals surface area contributed by atoms with Crippen LogP contribution >= 0.6 is 0 Å². The molecule has 1 aliphatic heterocycles. The predicted octanol–water partition coefficient (Wildman–Crippen LogP) is 2.05. The van der Waals surface area contributed by atoms with E-state index in [2.05, 4.69) is 10.3 Å². The molecule has 0 unspecified atom stereocenters. The average molecular weight is 288 g/mol. The number of fused-ring (bicyclic) bond motifs is 1. The Hall–Kier alpha value is -2.34. The summed E-state index contributed by atoms with van der Waals surface area (Å²) in [5.74, 6) is -1.32. The van der Waals surface area contributed by atoms with Crippen LogP contribution in [0.1, 0.15) is 18.5 Å². The number of H-pyrrole nitrogens is 1. The van der Waals surface area contributed by atoms with Crippen LogP contribution in [0.3, 0.4) is 0 Å². The van der Waals surface area contributed by atoms with E-state index in [0.29, 0.717) is 18.5 Å². The Morgan fingerprint density at radius 1 is 1.29 bits per heavy atom. The molecule has 1 aromatic heterocycles. The molecule has 1 aromatic carbocycles. The molecule has 0 spiro atoms. The van der Waals surface area contributed by atoms with Crippen molar-refractivity contribution in [1.29, 1.82) is 0 Å². The Bertz CT molecular complexity index is 707. The van der Waals surface area contributed by atoms with E-state index in [1.165, 1.54) is 0 Å². The molecule has 1 fully saturated rings. The van der Waals surface area contributed by atoms with Crippen LogP contribution in [0.4, 0.5) is 5.69 Å². The lowest BCUT2D eigenvalue weighted by Crippen LogP contribution is -2.29.